The smallest absolute Gasteiger partial charge is 0.350 e. The first-order valence-corrected chi connectivity index (χ1v) is 12.3. The van der Waals surface area contributed by atoms with Gasteiger partial charge in [0.05, 0.1) is 6.04 Å². The van der Waals surface area contributed by atoms with Gasteiger partial charge in [0, 0.05) is 23.7 Å². The molecule has 1 saturated heterocycles. The van der Waals surface area contributed by atoms with Crippen molar-refractivity contribution >= 4 is 15.9 Å². The number of carbonyl (C=O) groups is 1. The Hall–Kier alpha value is -2.57. The van der Waals surface area contributed by atoms with Gasteiger partial charge in [-0.25, -0.2) is 26.3 Å². The highest BCUT2D eigenvalue weighted by Gasteiger charge is 2.62. The van der Waals surface area contributed by atoms with Crippen molar-refractivity contribution in [3.8, 4) is 11.1 Å². The fraction of sp³-hybridized carbons (Fsp3) is 0.435. The zero-order chi connectivity index (χ0) is 25.9. The van der Waals surface area contributed by atoms with Crippen LogP contribution in [0.5, 0.6) is 0 Å². The summed E-state index contributed by atoms with van der Waals surface area (Å²) in [6, 6.07) is 3.87. The van der Waals surface area contributed by atoms with Gasteiger partial charge in [-0.15, -0.1) is 0 Å². The van der Waals surface area contributed by atoms with Gasteiger partial charge in [-0.1, -0.05) is 18.2 Å². The quantitative estimate of drug-likeness (QED) is 0.552. The van der Waals surface area contributed by atoms with Crippen molar-refractivity contribution in [3.63, 3.8) is 0 Å². The fourth-order valence-corrected chi connectivity index (χ4v) is 5.57. The summed E-state index contributed by atoms with van der Waals surface area (Å²) < 4.78 is 94.9. The van der Waals surface area contributed by atoms with Crippen molar-refractivity contribution in [2.45, 2.75) is 56.2 Å². The summed E-state index contributed by atoms with van der Waals surface area (Å²) in [6.07, 6.45) is 0.0442. The molecule has 2 fully saturated rings. The molecule has 35 heavy (non-hydrogen) atoms. The number of halogens is 5. The summed E-state index contributed by atoms with van der Waals surface area (Å²) in [5.74, 6) is -7.62. The van der Waals surface area contributed by atoms with Crippen molar-refractivity contribution in [2.75, 3.05) is 0 Å². The van der Waals surface area contributed by atoms with E-state index in [1.807, 2.05) is 4.72 Å². The molecule has 1 saturated carbocycles. The predicted molar refractivity (Wildman–Crippen MR) is 116 cm³/mol. The Balaban J connectivity index is 1.73. The summed E-state index contributed by atoms with van der Waals surface area (Å²) in [5, 5.41) is 10.3. The molecule has 2 aliphatic rings. The van der Waals surface area contributed by atoms with Crippen molar-refractivity contribution < 1.29 is 40.3 Å². The number of hydrogen-bond acceptors (Lipinski definition) is 4. The Morgan fingerprint density at radius 2 is 1.80 bits per heavy atom. The highest BCUT2D eigenvalue weighted by molar-refractivity contribution is 7.89. The highest BCUT2D eigenvalue weighted by Crippen LogP contribution is 2.50. The first-order valence-electron chi connectivity index (χ1n) is 10.8. The van der Waals surface area contributed by atoms with E-state index in [2.05, 4.69) is 0 Å². The summed E-state index contributed by atoms with van der Waals surface area (Å²) in [6.45, 7) is 2.47. The number of amides is 1. The topological polar surface area (TPSA) is 86.7 Å². The maximum atomic E-state index is 15.5. The number of carbonyl (C=O) groups excluding carboxylic acids is 1. The number of piperidine rings is 1. The van der Waals surface area contributed by atoms with E-state index in [1.54, 1.807) is 0 Å². The van der Waals surface area contributed by atoms with Crippen LogP contribution >= 0.6 is 0 Å². The number of nitrogens with one attached hydrogen (secondary N) is 1. The van der Waals surface area contributed by atoms with E-state index in [1.165, 1.54) is 36.9 Å². The van der Waals surface area contributed by atoms with E-state index >= 15 is 4.39 Å². The van der Waals surface area contributed by atoms with Crippen LogP contribution in [0.3, 0.4) is 0 Å². The molecule has 1 amide bonds. The number of fused-ring (bicyclic) bond motifs is 1. The van der Waals surface area contributed by atoms with Crippen LogP contribution in [0.25, 0.3) is 11.1 Å². The minimum atomic E-state index is -5.03. The zero-order valence-corrected chi connectivity index (χ0v) is 19.5. The van der Waals surface area contributed by atoms with E-state index in [0.717, 1.165) is 12.1 Å². The molecule has 0 unspecified atom stereocenters. The molecule has 0 bridgehead atoms. The van der Waals surface area contributed by atoms with Crippen LogP contribution in [-0.4, -0.2) is 53.8 Å². The average molecular weight is 519 g/mol. The zero-order valence-electron chi connectivity index (χ0n) is 18.7. The second-order valence-corrected chi connectivity index (χ2v) is 11.1. The minimum Gasteiger partial charge on any atom is -0.381 e. The first kappa shape index (κ1) is 25.5. The Morgan fingerprint density at radius 1 is 1.17 bits per heavy atom. The lowest BCUT2D eigenvalue weighted by Gasteiger charge is -2.35. The van der Waals surface area contributed by atoms with Gasteiger partial charge >= 0.3 is 5.76 Å². The summed E-state index contributed by atoms with van der Waals surface area (Å²) in [4.78, 5) is 14.2. The number of nitrogens with zero attached hydrogens (tertiary/aromatic N) is 1. The third-order valence-corrected chi connectivity index (χ3v) is 7.44. The SMILES string of the molecule is CC(C)(O)C(=O)N1[C@H]2C[C@H]2[C@H](NS(=O)(=O)C(F)F)[C@@H]1Cc1cccc(-c2cc(F)cc(F)c2)c1F. The predicted octanol–water partition coefficient (Wildman–Crippen LogP) is 3.19. The highest BCUT2D eigenvalue weighted by atomic mass is 32.2. The normalized spacial score (nSPS) is 24.1. The van der Waals surface area contributed by atoms with Gasteiger partial charge in [0.15, 0.2) is 0 Å². The van der Waals surface area contributed by atoms with E-state index in [-0.39, 0.29) is 23.1 Å². The standard InChI is InChI=1S/C23H23F5N2O4S/c1-23(2,32)21(31)30-17-10-16(17)20(29-35(33,34)22(27)28)18(30)8-11-4-3-5-15(19(11)26)12-6-13(24)9-14(25)7-12/h3-7,9,16-18,20,22,29,32H,8,10H2,1-2H3/t16-,17+,18+,20+/m1/s1. The van der Waals surface area contributed by atoms with E-state index in [9.17, 15) is 35.9 Å². The van der Waals surface area contributed by atoms with E-state index in [4.69, 9.17) is 0 Å². The molecule has 1 heterocycles. The largest absolute Gasteiger partial charge is 0.381 e. The van der Waals surface area contributed by atoms with Gasteiger partial charge in [0.1, 0.15) is 23.1 Å². The van der Waals surface area contributed by atoms with Gasteiger partial charge in [-0.05, 0) is 55.9 Å². The van der Waals surface area contributed by atoms with Gasteiger partial charge in [0.2, 0.25) is 0 Å². The monoisotopic (exact) mass is 518 g/mol. The number of hydrogen-bond donors (Lipinski definition) is 2. The molecule has 1 aliphatic heterocycles. The Morgan fingerprint density at radius 3 is 2.37 bits per heavy atom. The van der Waals surface area contributed by atoms with Crippen molar-refractivity contribution in [1.82, 2.24) is 9.62 Å². The van der Waals surface area contributed by atoms with Crippen molar-refractivity contribution in [3.05, 3.63) is 59.4 Å². The number of benzene rings is 2. The molecule has 2 aromatic rings. The van der Waals surface area contributed by atoms with Crippen molar-refractivity contribution in [2.24, 2.45) is 5.92 Å². The molecule has 12 heteroatoms. The molecule has 2 aromatic carbocycles. The number of rotatable bonds is 7. The first-order chi connectivity index (χ1) is 16.2. The molecular weight excluding hydrogens is 495 g/mol. The lowest BCUT2D eigenvalue weighted by Crippen LogP contribution is -2.55. The second-order valence-electron chi connectivity index (χ2n) is 9.40. The van der Waals surface area contributed by atoms with Crippen molar-refractivity contribution in [1.29, 1.82) is 0 Å². The molecule has 1 aliphatic carbocycles. The number of likely N-dealkylation sites (tertiary alicyclic amines) is 1. The molecule has 2 N–H and O–H groups in total. The van der Waals surface area contributed by atoms with Gasteiger partial charge in [-0.3, -0.25) is 4.79 Å². The van der Waals surface area contributed by atoms with Crippen LogP contribution in [0.15, 0.2) is 36.4 Å². The second kappa shape index (κ2) is 8.82. The number of sulfonamides is 1. The Labute approximate surface area is 198 Å². The average Bonchev–Trinajstić information content (AvgIpc) is 3.46. The minimum absolute atomic E-state index is 0.0201. The molecular formula is C23H23F5N2O4S. The van der Waals surface area contributed by atoms with E-state index in [0.29, 0.717) is 12.5 Å². The molecule has 4 rings (SSSR count). The molecule has 0 radical (unpaired) electrons. The maximum Gasteiger partial charge on any atom is 0.350 e. The Bertz CT molecular complexity index is 1240. The number of alkyl halides is 2. The fourth-order valence-electron chi connectivity index (χ4n) is 4.75. The van der Waals surface area contributed by atoms with Gasteiger partial charge in [0.25, 0.3) is 15.9 Å². The molecule has 0 aromatic heterocycles. The van der Waals surface area contributed by atoms with Crippen LogP contribution in [0, 0.1) is 23.4 Å². The molecule has 0 spiro atoms. The van der Waals surface area contributed by atoms with Gasteiger partial charge in [-0.2, -0.15) is 8.78 Å². The molecule has 4 atom stereocenters. The number of aliphatic hydroxyl groups is 1. The summed E-state index contributed by atoms with van der Waals surface area (Å²) in [5.41, 5.74) is -2.07. The molecule has 190 valence electrons. The van der Waals surface area contributed by atoms with Gasteiger partial charge < -0.3 is 10.0 Å². The van der Waals surface area contributed by atoms with Crippen LogP contribution in [0.2, 0.25) is 0 Å². The van der Waals surface area contributed by atoms with Crippen LogP contribution in [-0.2, 0) is 21.2 Å². The third-order valence-electron chi connectivity index (χ3n) is 6.37. The van der Waals surface area contributed by atoms with Crippen LogP contribution in [0.4, 0.5) is 22.0 Å². The maximum absolute atomic E-state index is 15.5. The Kier molecular flexibility index (Phi) is 6.43. The summed E-state index contributed by atoms with van der Waals surface area (Å²) in [7, 11) is -5.03. The van der Waals surface area contributed by atoms with Crippen LogP contribution < -0.4 is 4.72 Å². The lowest BCUT2D eigenvalue weighted by atomic mass is 9.94. The third kappa shape index (κ3) is 4.91. The lowest BCUT2D eigenvalue weighted by molar-refractivity contribution is -0.150. The van der Waals surface area contributed by atoms with E-state index < -0.39 is 68.8 Å². The molecule has 6 nitrogen and oxygen atoms in total. The summed E-state index contributed by atoms with van der Waals surface area (Å²) >= 11 is 0. The van der Waals surface area contributed by atoms with Crippen LogP contribution in [0.1, 0.15) is 25.8 Å².